The number of carbonyl (C=O) groups excluding carboxylic acids is 2. The molecule has 0 aromatic rings. The number of rotatable bonds is 19. The molecule has 4 heteroatoms. The average molecular weight is 451 g/mol. The molecule has 1 aliphatic carbocycles. The predicted octanol–water partition coefficient (Wildman–Crippen LogP) is 8.08. The summed E-state index contributed by atoms with van der Waals surface area (Å²) in [5, 5.41) is 0. The largest absolute Gasteiger partial charge is 0.463 e. The average Bonchev–Trinajstić information content (AvgIpc) is 2.80. The van der Waals surface area contributed by atoms with E-state index in [0.29, 0.717) is 12.5 Å². The lowest BCUT2D eigenvalue weighted by atomic mass is 9.85. The van der Waals surface area contributed by atoms with Gasteiger partial charge in [-0.2, -0.15) is 0 Å². The molecule has 0 aromatic carbocycles. The van der Waals surface area contributed by atoms with Crippen molar-refractivity contribution in [2.24, 2.45) is 5.92 Å². The van der Waals surface area contributed by atoms with Crippen LogP contribution in [-0.4, -0.2) is 24.6 Å². The Balaban J connectivity index is 1.91. The third-order valence-electron chi connectivity index (χ3n) is 6.73. The van der Waals surface area contributed by atoms with Crippen LogP contribution in [0.2, 0.25) is 0 Å². The van der Waals surface area contributed by atoms with Crippen LogP contribution in [-0.2, 0) is 19.1 Å². The normalized spacial score (nSPS) is 18.7. The second-order valence-corrected chi connectivity index (χ2v) is 9.53. The third-order valence-corrected chi connectivity index (χ3v) is 6.73. The number of carbonyl (C=O) groups is 2. The van der Waals surface area contributed by atoms with E-state index in [1.54, 1.807) is 0 Å². The van der Waals surface area contributed by atoms with Crippen molar-refractivity contribution < 1.29 is 19.1 Å². The fourth-order valence-electron chi connectivity index (χ4n) is 4.64. The van der Waals surface area contributed by atoms with Crippen LogP contribution in [0.4, 0.5) is 0 Å². The Morgan fingerprint density at radius 1 is 0.688 bits per heavy atom. The van der Waals surface area contributed by atoms with Crippen LogP contribution < -0.4 is 0 Å². The van der Waals surface area contributed by atoms with Crippen molar-refractivity contribution in [1.29, 1.82) is 0 Å². The fraction of sp³-hybridized carbons (Fsp3) is 0.857. The highest BCUT2D eigenvalue weighted by Crippen LogP contribution is 2.29. The van der Waals surface area contributed by atoms with Crippen molar-refractivity contribution in [3.63, 3.8) is 0 Å². The van der Waals surface area contributed by atoms with E-state index in [9.17, 15) is 9.59 Å². The fourth-order valence-corrected chi connectivity index (χ4v) is 4.64. The quantitative estimate of drug-likeness (QED) is 0.113. The molecule has 1 aliphatic rings. The Bertz CT molecular complexity index is 500. The Kier molecular flexibility index (Phi) is 18.2. The van der Waals surface area contributed by atoms with E-state index in [1.165, 1.54) is 95.6 Å². The Morgan fingerprint density at radius 3 is 1.75 bits per heavy atom. The van der Waals surface area contributed by atoms with Crippen LogP contribution in [0.15, 0.2) is 12.2 Å². The Morgan fingerprint density at radius 2 is 1.19 bits per heavy atom. The summed E-state index contributed by atoms with van der Waals surface area (Å²) in [6.07, 6.45) is 26.1. The summed E-state index contributed by atoms with van der Waals surface area (Å²) in [5.41, 5.74) is 0. The van der Waals surface area contributed by atoms with Gasteiger partial charge in [0.15, 0.2) is 0 Å². The summed E-state index contributed by atoms with van der Waals surface area (Å²) in [7, 11) is 0. The lowest BCUT2D eigenvalue weighted by molar-refractivity contribution is -0.148. The molecule has 1 saturated carbocycles. The highest BCUT2D eigenvalue weighted by molar-refractivity contribution is 5.91. The van der Waals surface area contributed by atoms with Gasteiger partial charge in [0.25, 0.3) is 0 Å². The summed E-state index contributed by atoms with van der Waals surface area (Å²) in [6, 6.07) is 0. The molecule has 0 radical (unpaired) electrons. The van der Waals surface area contributed by atoms with Gasteiger partial charge in [0.1, 0.15) is 6.10 Å². The zero-order chi connectivity index (χ0) is 23.3. The lowest BCUT2D eigenvalue weighted by Gasteiger charge is -2.29. The second-order valence-electron chi connectivity index (χ2n) is 9.53. The van der Waals surface area contributed by atoms with Gasteiger partial charge in [-0.15, -0.1) is 0 Å². The number of hydrogen-bond acceptors (Lipinski definition) is 4. The smallest absolute Gasteiger partial charge is 0.331 e. The lowest BCUT2D eigenvalue weighted by Crippen LogP contribution is -2.29. The van der Waals surface area contributed by atoms with E-state index in [1.807, 2.05) is 0 Å². The maximum Gasteiger partial charge on any atom is 0.331 e. The molecule has 0 amide bonds. The maximum absolute atomic E-state index is 12.0. The van der Waals surface area contributed by atoms with E-state index in [4.69, 9.17) is 9.47 Å². The van der Waals surface area contributed by atoms with E-state index in [2.05, 4.69) is 13.8 Å². The van der Waals surface area contributed by atoms with E-state index in [0.717, 1.165) is 38.5 Å². The molecule has 0 heterocycles. The first-order valence-corrected chi connectivity index (χ1v) is 13.7. The zero-order valence-corrected chi connectivity index (χ0v) is 21.1. The molecule has 2 unspecified atom stereocenters. The minimum atomic E-state index is -0.452. The molecule has 0 N–H and O–H groups in total. The molecule has 0 spiro atoms. The van der Waals surface area contributed by atoms with Crippen LogP contribution in [0.5, 0.6) is 0 Å². The summed E-state index contributed by atoms with van der Waals surface area (Å²) in [5.74, 6) is -0.426. The summed E-state index contributed by atoms with van der Waals surface area (Å²) in [6.45, 7) is 4.84. The first-order chi connectivity index (χ1) is 15.7. The van der Waals surface area contributed by atoms with Crippen LogP contribution in [0.1, 0.15) is 136 Å². The van der Waals surface area contributed by atoms with Crippen LogP contribution >= 0.6 is 0 Å². The third kappa shape index (κ3) is 15.5. The molecule has 0 saturated heterocycles. The van der Waals surface area contributed by atoms with Gasteiger partial charge >= 0.3 is 11.9 Å². The summed E-state index contributed by atoms with van der Waals surface area (Å²) in [4.78, 5) is 23.8. The van der Waals surface area contributed by atoms with Gasteiger partial charge in [-0.3, -0.25) is 0 Å². The van der Waals surface area contributed by atoms with Gasteiger partial charge in [0.05, 0.1) is 6.61 Å². The molecule has 32 heavy (non-hydrogen) atoms. The van der Waals surface area contributed by atoms with Crippen molar-refractivity contribution in [2.75, 3.05) is 6.61 Å². The van der Waals surface area contributed by atoms with Gasteiger partial charge in [-0.05, 0) is 38.0 Å². The highest BCUT2D eigenvalue weighted by atomic mass is 16.5. The molecule has 186 valence electrons. The van der Waals surface area contributed by atoms with Gasteiger partial charge in [-0.1, -0.05) is 104 Å². The number of esters is 2. The molecule has 0 aliphatic heterocycles. The van der Waals surface area contributed by atoms with Crippen LogP contribution in [0.25, 0.3) is 0 Å². The van der Waals surface area contributed by atoms with E-state index < -0.39 is 11.9 Å². The van der Waals surface area contributed by atoms with Crippen molar-refractivity contribution >= 4 is 11.9 Å². The minimum absolute atomic E-state index is 0.00234. The minimum Gasteiger partial charge on any atom is -0.463 e. The molecular formula is C28H50O4. The Labute approximate surface area is 197 Å². The van der Waals surface area contributed by atoms with Gasteiger partial charge in [0.2, 0.25) is 0 Å². The number of ether oxygens (including phenoxy) is 2. The van der Waals surface area contributed by atoms with E-state index in [-0.39, 0.29) is 6.10 Å². The summed E-state index contributed by atoms with van der Waals surface area (Å²) < 4.78 is 10.7. The standard InChI is InChI=1S/C28H50O4/c1-3-5-6-7-8-9-10-11-12-13-14-15-16-19-24-31-27(29)22-23-28(30)32-26-21-18-17-20-25(26)4-2/h22-23,25-26H,3-21,24H2,1-2H3/b23-22+. The SMILES string of the molecule is CCCCCCCCCCCCCCCCOC(=O)/C=C/C(=O)OC1CCCCC1CC. The maximum atomic E-state index is 12.0. The van der Waals surface area contributed by atoms with Crippen LogP contribution in [0.3, 0.4) is 0 Å². The van der Waals surface area contributed by atoms with Crippen LogP contribution in [0, 0.1) is 5.92 Å². The van der Waals surface area contributed by atoms with Gasteiger partial charge in [-0.25, -0.2) is 9.59 Å². The second kappa shape index (κ2) is 20.3. The monoisotopic (exact) mass is 450 g/mol. The first kappa shape index (κ1) is 28.7. The van der Waals surface area contributed by atoms with E-state index >= 15 is 0 Å². The molecule has 0 aromatic heterocycles. The summed E-state index contributed by atoms with van der Waals surface area (Å²) >= 11 is 0. The van der Waals surface area contributed by atoms with Crippen molar-refractivity contribution in [3.8, 4) is 0 Å². The zero-order valence-electron chi connectivity index (χ0n) is 21.1. The topological polar surface area (TPSA) is 52.6 Å². The predicted molar refractivity (Wildman–Crippen MR) is 133 cm³/mol. The number of hydrogen-bond donors (Lipinski definition) is 0. The van der Waals surface area contributed by atoms with Crippen molar-refractivity contribution in [1.82, 2.24) is 0 Å². The molecule has 2 atom stereocenters. The van der Waals surface area contributed by atoms with Crippen molar-refractivity contribution in [2.45, 2.75) is 142 Å². The highest BCUT2D eigenvalue weighted by Gasteiger charge is 2.26. The van der Waals surface area contributed by atoms with Gasteiger partial charge < -0.3 is 9.47 Å². The number of unbranched alkanes of at least 4 members (excludes halogenated alkanes) is 13. The molecule has 1 rings (SSSR count). The molecule has 4 nitrogen and oxygen atoms in total. The van der Waals surface area contributed by atoms with Crippen molar-refractivity contribution in [3.05, 3.63) is 12.2 Å². The molecule has 0 bridgehead atoms. The molecular weight excluding hydrogens is 400 g/mol. The Hall–Kier alpha value is -1.32. The first-order valence-electron chi connectivity index (χ1n) is 13.7. The van der Waals surface area contributed by atoms with Gasteiger partial charge in [0, 0.05) is 12.2 Å². The molecule has 1 fully saturated rings.